The first-order chi connectivity index (χ1) is 8.46. The van der Waals surface area contributed by atoms with E-state index in [0.29, 0.717) is 6.54 Å². The van der Waals surface area contributed by atoms with Crippen molar-refractivity contribution in [3.63, 3.8) is 0 Å². The zero-order valence-corrected chi connectivity index (χ0v) is 10.7. The van der Waals surface area contributed by atoms with E-state index in [1.807, 2.05) is 0 Å². The number of morpholine rings is 1. The molecule has 1 aliphatic heterocycles. The lowest BCUT2D eigenvalue weighted by Crippen LogP contribution is -2.49. The van der Waals surface area contributed by atoms with Crippen molar-refractivity contribution in [3.05, 3.63) is 11.9 Å². The van der Waals surface area contributed by atoms with Crippen molar-refractivity contribution >= 4 is 5.97 Å². The molecule has 1 saturated heterocycles. The standard InChI is InChI=1S/C11H18N4O3/c1-11(2)8-14(5-6-18-11)3-4-15-7-9(10(16)17)12-13-15/h7H,3-6,8H2,1-2H3,(H,16,17). The average molecular weight is 254 g/mol. The fourth-order valence-corrected chi connectivity index (χ4v) is 2.05. The quantitative estimate of drug-likeness (QED) is 0.820. The molecule has 7 heteroatoms. The number of carbonyl (C=O) groups is 1. The van der Waals surface area contributed by atoms with Crippen molar-refractivity contribution in [1.29, 1.82) is 0 Å². The molecule has 7 nitrogen and oxygen atoms in total. The number of aromatic carboxylic acids is 1. The molecule has 2 rings (SSSR count). The number of rotatable bonds is 4. The fraction of sp³-hybridized carbons (Fsp3) is 0.727. The summed E-state index contributed by atoms with van der Waals surface area (Å²) in [6.07, 6.45) is 1.45. The molecule has 0 spiro atoms. The molecule has 100 valence electrons. The van der Waals surface area contributed by atoms with Crippen molar-refractivity contribution in [2.24, 2.45) is 0 Å². The molecule has 1 aliphatic rings. The van der Waals surface area contributed by atoms with Crippen LogP contribution < -0.4 is 0 Å². The number of carboxylic acids is 1. The van der Waals surface area contributed by atoms with Crippen molar-refractivity contribution in [2.45, 2.75) is 26.0 Å². The first kappa shape index (κ1) is 13.0. The Balaban J connectivity index is 1.85. The zero-order chi connectivity index (χ0) is 13.2. The molecule has 2 heterocycles. The van der Waals surface area contributed by atoms with E-state index in [2.05, 4.69) is 29.1 Å². The van der Waals surface area contributed by atoms with Crippen LogP contribution in [0, 0.1) is 0 Å². The van der Waals surface area contributed by atoms with Gasteiger partial charge in [0, 0.05) is 19.6 Å². The van der Waals surface area contributed by atoms with E-state index in [0.717, 1.165) is 26.2 Å². The summed E-state index contributed by atoms with van der Waals surface area (Å²) in [6, 6.07) is 0. The third-order valence-electron chi connectivity index (χ3n) is 2.91. The van der Waals surface area contributed by atoms with Crippen LogP contribution in [0.3, 0.4) is 0 Å². The predicted molar refractivity (Wildman–Crippen MR) is 63.5 cm³/mol. The highest BCUT2D eigenvalue weighted by atomic mass is 16.5. The van der Waals surface area contributed by atoms with Gasteiger partial charge in [0.05, 0.1) is 24.9 Å². The molecular weight excluding hydrogens is 236 g/mol. The van der Waals surface area contributed by atoms with Gasteiger partial charge in [-0.1, -0.05) is 5.21 Å². The van der Waals surface area contributed by atoms with Crippen molar-refractivity contribution in [2.75, 3.05) is 26.2 Å². The Hall–Kier alpha value is -1.47. The maximum Gasteiger partial charge on any atom is 0.358 e. The van der Waals surface area contributed by atoms with Crippen LogP contribution in [-0.2, 0) is 11.3 Å². The van der Waals surface area contributed by atoms with Gasteiger partial charge >= 0.3 is 5.97 Å². The second-order valence-corrected chi connectivity index (χ2v) is 5.06. The summed E-state index contributed by atoms with van der Waals surface area (Å²) >= 11 is 0. The fourth-order valence-electron chi connectivity index (χ4n) is 2.05. The van der Waals surface area contributed by atoms with Crippen LogP contribution in [0.5, 0.6) is 0 Å². The number of carboxylic acid groups (broad SMARTS) is 1. The topological polar surface area (TPSA) is 80.5 Å². The van der Waals surface area contributed by atoms with Crippen LogP contribution in [0.4, 0.5) is 0 Å². The Labute approximate surface area is 105 Å². The van der Waals surface area contributed by atoms with E-state index in [-0.39, 0.29) is 11.3 Å². The van der Waals surface area contributed by atoms with Gasteiger partial charge in [-0.2, -0.15) is 0 Å². The van der Waals surface area contributed by atoms with Gasteiger partial charge in [-0.3, -0.25) is 9.58 Å². The van der Waals surface area contributed by atoms with Gasteiger partial charge in [0.15, 0.2) is 5.69 Å². The summed E-state index contributed by atoms with van der Waals surface area (Å²) in [5.74, 6) is -1.05. The Morgan fingerprint density at radius 1 is 1.56 bits per heavy atom. The summed E-state index contributed by atoms with van der Waals surface area (Å²) in [7, 11) is 0. The molecule has 0 radical (unpaired) electrons. The smallest absolute Gasteiger partial charge is 0.358 e. The third kappa shape index (κ3) is 3.27. The van der Waals surface area contributed by atoms with Gasteiger partial charge in [-0.05, 0) is 13.8 Å². The first-order valence-corrected chi connectivity index (χ1v) is 5.96. The van der Waals surface area contributed by atoms with E-state index < -0.39 is 5.97 Å². The number of hydrogen-bond donors (Lipinski definition) is 1. The second kappa shape index (κ2) is 5.03. The minimum absolute atomic E-state index is 0.0164. The van der Waals surface area contributed by atoms with Gasteiger partial charge in [-0.15, -0.1) is 5.10 Å². The molecule has 0 aromatic carbocycles. The molecule has 0 atom stereocenters. The average Bonchev–Trinajstić information content (AvgIpc) is 2.74. The van der Waals surface area contributed by atoms with Gasteiger partial charge < -0.3 is 9.84 Å². The van der Waals surface area contributed by atoms with E-state index >= 15 is 0 Å². The highest BCUT2D eigenvalue weighted by Gasteiger charge is 2.26. The number of nitrogens with zero attached hydrogens (tertiary/aromatic N) is 4. The molecule has 0 amide bonds. The predicted octanol–water partition coefficient (Wildman–Crippen LogP) is 0.0871. The SMILES string of the molecule is CC1(C)CN(CCn2cc(C(=O)O)nn2)CCO1. The largest absolute Gasteiger partial charge is 0.476 e. The molecule has 1 aromatic rings. The summed E-state index contributed by atoms with van der Waals surface area (Å²) in [5.41, 5.74) is -0.135. The molecule has 0 bridgehead atoms. The molecule has 0 unspecified atom stereocenters. The van der Waals surface area contributed by atoms with Crippen molar-refractivity contribution in [1.82, 2.24) is 19.9 Å². The Kier molecular flexibility index (Phi) is 3.63. The highest BCUT2D eigenvalue weighted by molar-refractivity contribution is 5.84. The Bertz CT molecular complexity index is 430. The number of hydrogen-bond acceptors (Lipinski definition) is 5. The van der Waals surface area contributed by atoms with E-state index in [4.69, 9.17) is 9.84 Å². The Morgan fingerprint density at radius 2 is 2.33 bits per heavy atom. The summed E-state index contributed by atoms with van der Waals surface area (Å²) in [6.45, 7) is 8.07. The minimum Gasteiger partial charge on any atom is -0.476 e. The van der Waals surface area contributed by atoms with Crippen LogP contribution >= 0.6 is 0 Å². The van der Waals surface area contributed by atoms with Gasteiger partial charge in [0.2, 0.25) is 0 Å². The van der Waals surface area contributed by atoms with Gasteiger partial charge in [0.1, 0.15) is 0 Å². The summed E-state index contributed by atoms with van der Waals surface area (Å²) in [5, 5.41) is 16.1. The lowest BCUT2D eigenvalue weighted by molar-refractivity contribution is -0.0866. The first-order valence-electron chi connectivity index (χ1n) is 5.96. The van der Waals surface area contributed by atoms with Crippen LogP contribution in [0.2, 0.25) is 0 Å². The summed E-state index contributed by atoms with van der Waals surface area (Å²) in [4.78, 5) is 12.9. The van der Waals surface area contributed by atoms with Crippen molar-refractivity contribution < 1.29 is 14.6 Å². The summed E-state index contributed by atoms with van der Waals surface area (Å²) < 4.78 is 7.19. The zero-order valence-electron chi connectivity index (χ0n) is 10.7. The Morgan fingerprint density at radius 3 is 2.94 bits per heavy atom. The van der Waals surface area contributed by atoms with Crippen LogP contribution in [0.1, 0.15) is 24.3 Å². The van der Waals surface area contributed by atoms with Gasteiger partial charge in [-0.25, -0.2) is 4.79 Å². The number of ether oxygens (including phenoxy) is 1. The lowest BCUT2D eigenvalue weighted by atomic mass is 10.1. The normalized spacial score (nSPS) is 19.9. The number of aromatic nitrogens is 3. The molecule has 1 aromatic heterocycles. The molecule has 1 N–H and O–H groups in total. The highest BCUT2D eigenvalue weighted by Crippen LogP contribution is 2.15. The van der Waals surface area contributed by atoms with E-state index in [1.165, 1.54) is 6.20 Å². The monoisotopic (exact) mass is 254 g/mol. The maximum absolute atomic E-state index is 10.7. The maximum atomic E-state index is 10.7. The molecule has 1 fully saturated rings. The minimum atomic E-state index is -1.05. The van der Waals surface area contributed by atoms with Crippen LogP contribution in [0.25, 0.3) is 0 Å². The van der Waals surface area contributed by atoms with Gasteiger partial charge in [0.25, 0.3) is 0 Å². The molecular formula is C11H18N4O3. The van der Waals surface area contributed by atoms with Crippen molar-refractivity contribution in [3.8, 4) is 0 Å². The molecule has 0 aliphatic carbocycles. The molecule has 18 heavy (non-hydrogen) atoms. The van der Waals surface area contributed by atoms with E-state index in [9.17, 15) is 4.79 Å². The lowest BCUT2D eigenvalue weighted by Gasteiger charge is -2.38. The van der Waals surface area contributed by atoms with Crippen LogP contribution in [0.15, 0.2) is 6.20 Å². The second-order valence-electron chi connectivity index (χ2n) is 5.06. The third-order valence-corrected chi connectivity index (χ3v) is 2.91. The molecule has 0 saturated carbocycles. The van der Waals surface area contributed by atoms with Crippen LogP contribution in [-0.4, -0.2) is 62.8 Å². The van der Waals surface area contributed by atoms with E-state index in [1.54, 1.807) is 4.68 Å².